The molecule has 0 aromatic carbocycles. The first-order valence-electron chi connectivity index (χ1n) is 13.6. The second-order valence-electron chi connectivity index (χ2n) is 10.6. The minimum atomic E-state index is -0.349. The lowest BCUT2D eigenvalue weighted by molar-refractivity contribution is -0.0709. The molecular weight excluding hydrogens is 506 g/mol. The molecule has 0 saturated carbocycles. The van der Waals surface area contributed by atoms with Gasteiger partial charge in [-0.3, -0.25) is 14.9 Å². The Morgan fingerprint density at radius 1 is 1.25 bits per heavy atom. The number of ether oxygens (including phenoxy) is 2. The minimum Gasteiger partial charge on any atom is -0.484 e. The normalized spacial score (nSPS) is 18.6. The van der Waals surface area contributed by atoms with E-state index >= 15 is 0 Å². The van der Waals surface area contributed by atoms with Gasteiger partial charge in [-0.15, -0.1) is 0 Å². The molecule has 0 aliphatic carbocycles. The molecule has 6 heterocycles. The summed E-state index contributed by atoms with van der Waals surface area (Å²) >= 11 is 0. The Morgan fingerprint density at radius 3 is 2.75 bits per heavy atom. The number of likely N-dealkylation sites (tertiary alicyclic amines) is 1. The summed E-state index contributed by atoms with van der Waals surface area (Å²) in [6.45, 7) is 7.61. The SMILES string of the molecule is CC(=NC1CCN(C2COC2)CC1)/C(=N\N)c1cc(OC(C)c2cncc3c2ccn3C)c2c(C#N)cnn2c1. The number of rotatable bonds is 7. The van der Waals surface area contributed by atoms with Crippen LogP contribution in [-0.2, 0) is 11.8 Å². The Balaban J connectivity index is 1.30. The quantitative estimate of drug-likeness (QED) is 0.217. The number of nitrogens with two attached hydrogens (primary N) is 1. The van der Waals surface area contributed by atoms with Crippen molar-refractivity contribution in [3.05, 3.63) is 59.8 Å². The molecule has 0 amide bonds. The van der Waals surface area contributed by atoms with E-state index in [2.05, 4.69) is 32.2 Å². The van der Waals surface area contributed by atoms with Crippen molar-refractivity contribution in [3.8, 4) is 11.8 Å². The Hall–Kier alpha value is -4.27. The van der Waals surface area contributed by atoms with Crippen molar-refractivity contribution in [3.63, 3.8) is 0 Å². The number of hydrogen-bond acceptors (Lipinski definition) is 9. The predicted molar refractivity (Wildman–Crippen MR) is 153 cm³/mol. The molecular formula is C29H33N9O2. The third kappa shape index (κ3) is 4.69. The Labute approximate surface area is 232 Å². The third-order valence-electron chi connectivity index (χ3n) is 8.04. The van der Waals surface area contributed by atoms with Crippen LogP contribution < -0.4 is 10.6 Å². The molecule has 0 bridgehead atoms. The molecule has 40 heavy (non-hydrogen) atoms. The van der Waals surface area contributed by atoms with Crippen LogP contribution in [0.5, 0.6) is 5.75 Å². The van der Waals surface area contributed by atoms with E-state index < -0.39 is 0 Å². The molecule has 6 rings (SSSR count). The fourth-order valence-corrected chi connectivity index (χ4v) is 5.69. The fourth-order valence-electron chi connectivity index (χ4n) is 5.69. The Kier molecular flexibility index (Phi) is 6.96. The third-order valence-corrected chi connectivity index (χ3v) is 8.04. The van der Waals surface area contributed by atoms with E-state index in [1.54, 1.807) is 4.52 Å². The number of pyridine rings is 2. The highest BCUT2D eigenvalue weighted by atomic mass is 16.5. The van der Waals surface area contributed by atoms with E-state index in [0.29, 0.717) is 34.1 Å². The number of aryl methyl sites for hydroxylation is 1. The Morgan fingerprint density at radius 2 is 2.05 bits per heavy atom. The van der Waals surface area contributed by atoms with Gasteiger partial charge in [0.2, 0.25) is 0 Å². The van der Waals surface area contributed by atoms with Crippen molar-refractivity contribution in [2.45, 2.75) is 44.9 Å². The number of nitriles is 1. The van der Waals surface area contributed by atoms with E-state index in [-0.39, 0.29) is 12.1 Å². The highest BCUT2D eigenvalue weighted by Gasteiger charge is 2.30. The van der Waals surface area contributed by atoms with Gasteiger partial charge in [-0.2, -0.15) is 15.5 Å². The zero-order valence-corrected chi connectivity index (χ0v) is 23.0. The molecule has 4 aromatic heterocycles. The molecule has 206 valence electrons. The lowest BCUT2D eigenvalue weighted by Gasteiger charge is -2.40. The Bertz CT molecular complexity index is 1650. The van der Waals surface area contributed by atoms with Crippen LogP contribution in [0.2, 0.25) is 0 Å². The summed E-state index contributed by atoms with van der Waals surface area (Å²) < 4.78 is 15.6. The van der Waals surface area contributed by atoms with Crippen LogP contribution in [0, 0.1) is 11.3 Å². The topological polar surface area (TPSA) is 131 Å². The van der Waals surface area contributed by atoms with E-state index in [1.807, 2.05) is 56.3 Å². The van der Waals surface area contributed by atoms with Gasteiger partial charge >= 0.3 is 0 Å². The maximum absolute atomic E-state index is 9.77. The molecule has 1 unspecified atom stereocenters. The van der Waals surface area contributed by atoms with Gasteiger partial charge in [-0.1, -0.05) is 0 Å². The number of hydrazone groups is 1. The highest BCUT2D eigenvalue weighted by molar-refractivity contribution is 6.47. The van der Waals surface area contributed by atoms with Gasteiger partial charge in [0.05, 0.1) is 48.9 Å². The molecule has 11 nitrogen and oxygen atoms in total. The van der Waals surface area contributed by atoms with Gasteiger partial charge < -0.3 is 19.9 Å². The van der Waals surface area contributed by atoms with Crippen LogP contribution in [0.1, 0.15) is 49.5 Å². The molecule has 2 fully saturated rings. The first-order chi connectivity index (χ1) is 19.5. The molecule has 4 aromatic rings. The summed E-state index contributed by atoms with van der Waals surface area (Å²) in [6.07, 6.45) is 10.6. The van der Waals surface area contributed by atoms with Gasteiger partial charge in [0, 0.05) is 55.2 Å². The predicted octanol–water partition coefficient (Wildman–Crippen LogP) is 3.22. The monoisotopic (exact) mass is 539 g/mol. The number of aromatic nitrogens is 4. The molecule has 11 heteroatoms. The highest BCUT2D eigenvalue weighted by Crippen LogP contribution is 2.32. The summed E-state index contributed by atoms with van der Waals surface area (Å²) in [7, 11) is 1.99. The van der Waals surface area contributed by atoms with Crippen LogP contribution in [0.4, 0.5) is 0 Å². The van der Waals surface area contributed by atoms with E-state index in [0.717, 1.165) is 61.3 Å². The zero-order valence-electron chi connectivity index (χ0n) is 23.0. The minimum absolute atomic E-state index is 0.210. The molecule has 2 saturated heterocycles. The summed E-state index contributed by atoms with van der Waals surface area (Å²) in [5, 5.41) is 19.4. The lowest BCUT2D eigenvalue weighted by atomic mass is 10.0. The maximum atomic E-state index is 9.77. The summed E-state index contributed by atoms with van der Waals surface area (Å²) in [4.78, 5) is 11.9. The van der Waals surface area contributed by atoms with Crippen LogP contribution in [-0.4, -0.2) is 73.9 Å². The number of nitrogens with zero attached hydrogens (tertiary/aromatic N) is 8. The van der Waals surface area contributed by atoms with Gasteiger partial charge in [-0.05, 0) is 38.8 Å². The zero-order chi connectivity index (χ0) is 27.8. The number of hydrogen-bond donors (Lipinski definition) is 1. The van der Waals surface area contributed by atoms with Gasteiger partial charge in [0.25, 0.3) is 0 Å². The molecule has 2 aliphatic heterocycles. The fraction of sp³-hybridized carbons (Fsp3) is 0.414. The first-order valence-corrected chi connectivity index (χ1v) is 13.6. The van der Waals surface area contributed by atoms with E-state index in [1.165, 1.54) is 6.20 Å². The van der Waals surface area contributed by atoms with Crippen LogP contribution in [0.25, 0.3) is 16.4 Å². The van der Waals surface area contributed by atoms with Crippen molar-refractivity contribution in [2.75, 3.05) is 26.3 Å². The average Bonchev–Trinajstić information content (AvgIpc) is 3.52. The summed E-state index contributed by atoms with van der Waals surface area (Å²) in [5.41, 5.74) is 5.02. The lowest BCUT2D eigenvalue weighted by Crippen LogP contribution is -2.52. The van der Waals surface area contributed by atoms with Gasteiger partial charge in [0.15, 0.2) is 0 Å². The second-order valence-corrected chi connectivity index (χ2v) is 10.6. The summed E-state index contributed by atoms with van der Waals surface area (Å²) in [5.74, 6) is 6.44. The van der Waals surface area contributed by atoms with Crippen molar-refractivity contribution in [2.24, 2.45) is 23.0 Å². The van der Waals surface area contributed by atoms with Crippen molar-refractivity contribution < 1.29 is 9.47 Å². The van der Waals surface area contributed by atoms with Crippen LogP contribution in [0.3, 0.4) is 0 Å². The van der Waals surface area contributed by atoms with Crippen LogP contribution >= 0.6 is 0 Å². The number of fused-ring (bicyclic) bond motifs is 2. The second kappa shape index (κ2) is 10.7. The van der Waals surface area contributed by atoms with E-state index in [4.69, 9.17) is 20.3 Å². The van der Waals surface area contributed by atoms with Crippen molar-refractivity contribution >= 4 is 27.8 Å². The molecule has 1 atom stereocenters. The standard InChI is InChI=1S/C29H33N9O2/c1-18(34-22-4-8-37(9-5-22)23-16-39-17-23)28(35-31)20-10-27(29-21(11-30)12-33-38(29)15-20)40-19(2)25-13-32-14-26-24(25)6-7-36(26)3/h6-7,10,12-15,19,22-23H,4-5,8-9,16-17,31H2,1-3H3/b34-18?,35-28+. The molecule has 2 N–H and O–H groups in total. The molecule has 0 spiro atoms. The van der Waals surface area contributed by atoms with E-state index in [9.17, 15) is 5.26 Å². The van der Waals surface area contributed by atoms with Gasteiger partial charge in [-0.25, -0.2) is 4.52 Å². The average molecular weight is 540 g/mol. The summed E-state index contributed by atoms with van der Waals surface area (Å²) in [6, 6.07) is 6.92. The molecule has 2 aliphatic rings. The van der Waals surface area contributed by atoms with Gasteiger partial charge in [0.1, 0.15) is 34.7 Å². The van der Waals surface area contributed by atoms with Crippen molar-refractivity contribution in [1.82, 2.24) is 24.1 Å². The number of aliphatic imine (C=N–C) groups is 1. The van der Waals surface area contributed by atoms with Crippen LogP contribution in [0.15, 0.2) is 53.2 Å². The number of piperidine rings is 1. The van der Waals surface area contributed by atoms with Crippen molar-refractivity contribution in [1.29, 1.82) is 5.26 Å². The smallest absolute Gasteiger partial charge is 0.148 e. The maximum Gasteiger partial charge on any atom is 0.148 e. The largest absolute Gasteiger partial charge is 0.484 e. The first kappa shape index (κ1) is 26.0. The molecule has 0 radical (unpaired) electrons.